The molecule has 0 aliphatic rings. The second kappa shape index (κ2) is 7.09. The molecule has 0 aromatic carbocycles. The van der Waals surface area contributed by atoms with E-state index in [0.29, 0.717) is 0 Å². The molecule has 1 unspecified atom stereocenters. The normalized spacial score (nSPS) is 11.0. The Hall–Kier alpha value is -0.910. The van der Waals surface area contributed by atoms with Gasteiger partial charge in [-0.05, 0) is 0 Å². The summed E-state index contributed by atoms with van der Waals surface area (Å²) in [7, 11) is 0. The lowest BCUT2D eigenvalue weighted by molar-refractivity contribution is 0.0200. The van der Waals surface area contributed by atoms with E-state index in [-0.39, 0.29) is 0 Å². The summed E-state index contributed by atoms with van der Waals surface area (Å²) < 4.78 is 21.1. The van der Waals surface area contributed by atoms with Crippen LogP contribution in [0.4, 0.5) is 13.6 Å². The van der Waals surface area contributed by atoms with Crippen molar-refractivity contribution in [3.63, 3.8) is 0 Å². The number of carbonyl (C=O) groups is 1. The van der Waals surface area contributed by atoms with Gasteiger partial charge in [0, 0.05) is 0 Å². The summed E-state index contributed by atoms with van der Waals surface area (Å²) >= 11 is 0. The maximum absolute atomic E-state index is 10.6. The monoisotopic (exact) mass is 144 g/mol. The van der Waals surface area contributed by atoms with Gasteiger partial charge in [0.15, 0.2) is 0 Å². The third kappa shape index (κ3) is 155. The molecule has 56 valence electrons. The van der Waals surface area contributed by atoms with Crippen molar-refractivity contribution in [2.75, 3.05) is 6.67 Å². The van der Waals surface area contributed by atoms with Gasteiger partial charge in [-0.3, -0.25) is 0 Å². The second-order valence-corrected chi connectivity index (χ2v) is 0.871. The zero-order valence-corrected chi connectivity index (χ0v) is 4.29. The Bertz CT molecular complexity index is 70.2. The maximum atomic E-state index is 10.6. The highest BCUT2D eigenvalue weighted by Crippen LogP contribution is 1.79. The topological polar surface area (TPSA) is 77.8 Å². The SMILES string of the molecule is O=C(O)O.OC(F)CF. The minimum absolute atomic E-state index is 1.31. The molecule has 0 saturated carbocycles. The highest BCUT2D eigenvalue weighted by molar-refractivity contribution is 5.53. The molecule has 0 amide bonds. The van der Waals surface area contributed by atoms with Gasteiger partial charge in [0.05, 0.1) is 0 Å². The molecule has 6 heteroatoms. The van der Waals surface area contributed by atoms with E-state index in [1.807, 2.05) is 0 Å². The van der Waals surface area contributed by atoms with Gasteiger partial charge < -0.3 is 15.3 Å². The number of aliphatic hydroxyl groups excluding tert-OH is 1. The first kappa shape index (κ1) is 11.0. The third-order valence-electron chi connectivity index (χ3n) is 0.127. The van der Waals surface area contributed by atoms with Crippen LogP contribution in [0.3, 0.4) is 0 Å². The molecule has 0 fully saturated rings. The molecule has 0 aromatic rings. The summed E-state index contributed by atoms with van der Waals surface area (Å²) in [4.78, 5) is 8.56. The first-order chi connectivity index (χ1) is 4.00. The van der Waals surface area contributed by atoms with Gasteiger partial charge in [-0.15, -0.1) is 0 Å². The Balaban J connectivity index is 0. The molecule has 0 rings (SSSR count). The lowest BCUT2D eigenvalue weighted by Crippen LogP contribution is -1.96. The summed E-state index contributed by atoms with van der Waals surface area (Å²) in [6.45, 7) is -1.31. The van der Waals surface area contributed by atoms with Crippen LogP contribution in [0.1, 0.15) is 0 Å². The van der Waals surface area contributed by atoms with Crippen LogP contribution in [0.5, 0.6) is 0 Å². The standard InChI is InChI=1S/C2H4F2O.CH2O3/c3-1-2(4)5;2-1(3)4/h2,5H,1H2;(H2,2,3,4). The van der Waals surface area contributed by atoms with E-state index in [2.05, 4.69) is 0 Å². The molecule has 0 aliphatic heterocycles. The van der Waals surface area contributed by atoms with Crippen LogP contribution in [-0.2, 0) is 0 Å². The van der Waals surface area contributed by atoms with Crippen molar-refractivity contribution in [2.24, 2.45) is 0 Å². The molecule has 0 spiro atoms. The average molecular weight is 144 g/mol. The molecular weight excluding hydrogens is 138 g/mol. The number of alkyl halides is 2. The van der Waals surface area contributed by atoms with E-state index >= 15 is 0 Å². The molecule has 0 aromatic heterocycles. The average Bonchev–Trinajstić information content (AvgIpc) is 1.65. The Morgan fingerprint density at radius 3 is 1.67 bits per heavy atom. The van der Waals surface area contributed by atoms with Gasteiger partial charge in [0.1, 0.15) is 6.67 Å². The van der Waals surface area contributed by atoms with Crippen molar-refractivity contribution in [2.45, 2.75) is 6.36 Å². The second-order valence-electron chi connectivity index (χ2n) is 0.871. The summed E-state index contributed by atoms with van der Waals surface area (Å²) in [5.74, 6) is 0. The zero-order valence-electron chi connectivity index (χ0n) is 4.29. The predicted octanol–water partition coefficient (Wildman–Crippen LogP) is 0.466. The molecule has 1 atom stereocenters. The van der Waals surface area contributed by atoms with Crippen molar-refractivity contribution in [3.05, 3.63) is 0 Å². The highest BCUT2D eigenvalue weighted by atomic mass is 19.2. The number of hydrogen-bond donors (Lipinski definition) is 3. The molecule has 0 radical (unpaired) electrons. The molecule has 4 nitrogen and oxygen atoms in total. The van der Waals surface area contributed by atoms with Gasteiger partial charge in [-0.2, -0.15) is 0 Å². The van der Waals surface area contributed by atoms with Crippen LogP contribution >= 0.6 is 0 Å². The number of hydrogen-bond acceptors (Lipinski definition) is 2. The number of carboxylic acid groups (broad SMARTS) is 2. The Labute approximate surface area is 49.4 Å². The number of rotatable bonds is 1. The van der Waals surface area contributed by atoms with Crippen LogP contribution in [0, 0.1) is 0 Å². The van der Waals surface area contributed by atoms with Crippen molar-refractivity contribution >= 4 is 6.16 Å². The Morgan fingerprint density at radius 1 is 1.56 bits per heavy atom. The Morgan fingerprint density at radius 2 is 1.67 bits per heavy atom. The van der Waals surface area contributed by atoms with Gasteiger partial charge in [0.25, 0.3) is 0 Å². The fourth-order valence-electron chi connectivity index (χ4n) is 0. The molecular formula is C3H6F2O4. The molecule has 0 heterocycles. The van der Waals surface area contributed by atoms with Crippen LogP contribution < -0.4 is 0 Å². The first-order valence-corrected chi connectivity index (χ1v) is 1.80. The van der Waals surface area contributed by atoms with Crippen molar-refractivity contribution in [1.29, 1.82) is 0 Å². The largest absolute Gasteiger partial charge is 0.503 e. The predicted molar refractivity (Wildman–Crippen MR) is 23.7 cm³/mol. The summed E-state index contributed by atoms with van der Waals surface area (Å²) in [5.41, 5.74) is 0. The van der Waals surface area contributed by atoms with Crippen LogP contribution in [-0.4, -0.2) is 34.5 Å². The lowest BCUT2D eigenvalue weighted by atomic mass is 10.8. The van der Waals surface area contributed by atoms with Gasteiger partial charge in [-0.1, -0.05) is 0 Å². The van der Waals surface area contributed by atoms with Crippen LogP contribution in [0.25, 0.3) is 0 Å². The van der Waals surface area contributed by atoms with Crippen molar-refractivity contribution in [1.82, 2.24) is 0 Å². The molecule has 0 bridgehead atoms. The molecule has 0 saturated heterocycles. The van der Waals surface area contributed by atoms with E-state index in [9.17, 15) is 8.78 Å². The molecule has 9 heavy (non-hydrogen) atoms. The van der Waals surface area contributed by atoms with E-state index in [1.165, 1.54) is 0 Å². The summed E-state index contributed by atoms with van der Waals surface area (Å²) in [5, 5.41) is 21.3. The van der Waals surface area contributed by atoms with Crippen molar-refractivity contribution < 1.29 is 28.9 Å². The molecule has 3 N–H and O–H groups in total. The van der Waals surface area contributed by atoms with Gasteiger partial charge in [-0.25, -0.2) is 13.6 Å². The number of aliphatic hydroxyl groups is 1. The first-order valence-electron chi connectivity index (χ1n) is 1.80. The number of halogens is 2. The summed E-state index contributed by atoms with van der Waals surface area (Å²) in [6.07, 6.45) is -4.12. The van der Waals surface area contributed by atoms with Crippen molar-refractivity contribution in [3.8, 4) is 0 Å². The van der Waals surface area contributed by atoms with E-state index < -0.39 is 19.2 Å². The minimum Gasteiger partial charge on any atom is -0.450 e. The lowest BCUT2D eigenvalue weighted by Gasteiger charge is -1.82. The van der Waals surface area contributed by atoms with Crippen LogP contribution in [0.2, 0.25) is 0 Å². The fraction of sp³-hybridized carbons (Fsp3) is 0.667. The summed E-state index contributed by atoms with van der Waals surface area (Å²) in [6, 6.07) is 0. The highest BCUT2D eigenvalue weighted by Gasteiger charge is 1.91. The third-order valence-corrected chi connectivity index (χ3v) is 0.127. The smallest absolute Gasteiger partial charge is 0.450 e. The fourth-order valence-corrected chi connectivity index (χ4v) is 0. The molecule has 0 aliphatic carbocycles. The van der Waals surface area contributed by atoms with Gasteiger partial charge >= 0.3 is 6.16 Å². The minimum atomic E-state index is -2.28. The van der Waals surface area contributed by atoms with Crippen LogP contribution in [0.15, 0.2) is 0 Å². The zero-order chi connectivity index (χ0) is 7.86. The van der Waals surface area contributed by atoms with E-state index in [1.54, 1.807) is 0 Å². The van der Waals surface area contributed by atoms with E-state index in [0.717, 1.165) is 0 Å². The Kier molecular flexibility index (Phi) is 8.64. The van der Waals surface area contributed by atoms with E-state index in [4.69, 9.17) is 20.1 Å². The quantitative estimate of drug-likeness (QED) is 0.499. The van der Waals surface area contributed by atoms with Gasteiger partial charge in [0.2, 0.25) is 6.36 Å². The maximum Gasteiger partial charge on any atom is 0.503 e.